The first-order valence-electron chi connectivity index (χ1n) is 7.65. The highest BCUT2D eigenvalue weighted by atomic mass is 16.4. The van der Waals surface area contributed by atoms with E-state index in [9.17, 15) is 9.90 Å². The molecule has 2 unspecified atom stereocenters. The van der Waals surface area contributed by atoms with E-state index in [4.69, 9.17) is 0 Å². The van der Waals surface area contributed by atoms with Crippen LogP contribution >= 0.6 is 0 Å². The van der Waals surface area contributed by atoms with Gasteiger partial charge >= 0.3 is 5.97 Å². The summed E-state index contributed by atoms with van der Waals surface area (Å²) in [5.74, 6) is 0.369. The van der Waals surface area contributed by atoms with Crippen LogP contribution in [0.4, 0.5) is 5.82 Å². The Morgan fingerprint density at radius 1 is 1.33 bits per heavy atom. The second-order valence-electron chi connectivity index (χ2n) is 6.98. The van der Waals surface area contributed by atoms with Crippen molar-refractivity contribution in [2.45, 2.75) is 65.8 Å². The van der Waals surface area contributed by atoms with Gasteiger partial charge in [0.05, 0.1) is 5.56 Å². The average molecular weight is 292 g/mol. The highest BCUT2D eigenvalue weighted by molar-refractivity contribution is 5.88. The molecule has 21 heavy (non-hydrogen) atoms. The van der Waals surface area contributed by atoms with Gasteiger partial charge < -0.3 is 10.4 Å². The summed E-state index contributed by atoms with van der Waals surface area (Å²) in [4.78, 5) is 15.9. The fraction of sp³-hybridized carbons (Fsp3) is 0.647. The Bertz CT molecular complexity index is 492. The molecule has 0 amide bonds. The Morgan fingerprint density at radius 3 is 2.43 bits per heavy atom. The molecule has 0 spiro atoms. The van der Waals surface area contributed by atoms with Crippen molar-refractivity contribution >= 4 is 11.8 Å². The number of rotatable bonds is 6. The SMILES string of the molecule is CCC(C)CC(C)Nc1cc(C(=O)O)cc(C(C)(C)C)n1. The first-order chi connectivity index (χ1) is 9.63. The predicted octanol–water partition coefficient (Wildman–Crippen LogP) is 4.31. The van der Waals surface area contributed by atoms with Gasteiger partial charge in [0.2, 0.25) is 0 Å². The van der Waals surface area contributed by atoms with Crippen LogP contribution in [-0.2, 0) is 5.41 Å². The van der Waals surface area contributed by atoms with E-state index in [1.807, 2.05) is 20.8 Å². The van der Waals surface area contributed by atoms with Crippen LogP contribution in [0.3, 0.4) is 0 Å². The Morgan fingerprint density at radius 2 is 1.95 bits per heavy atom. The van der Waals surface area contributed by atoms with E-state index in [-0.39, 0.29) is 17.0 Å². The molecule has 0 bridgehead atoms. The Kier molecular flexibility index (Phi) is 5.76. The van der Waals surface area contributed by atoms with Crippen LogP contribution in [0, 0.1) is 5.92 Å². The van der Waals surface area contributed by atoms with Gasteiger partial charge in [-0.25, -0.2) is 9.78 Å². The lowest BCUT2D eigenvalue weighted by molar-refractivity contribution is 0.0696. The molecule has 1 aromatic heterocycles. The lowest BCUT2D eigenvalue weighted by Gasteiger charge is -2.22. The minimum Gasteiger partial charge on any atom is -0.478 e. The highest BCUT2D eigenvalue weighted by Crippen LogP contribution is 2.24. The number of hydrogen-bond acceptors (Lipinski definition) is 3. The van der Waals surface area contributed by atoms with Gasteiger partial charge in [-0.3, -0.25) is 0 Å². The number of aromatic nitrogens is 1. The summed E-state index contributed by atoms with van der Waals surface area (Å²) in [6, 6.07) is 3.54. The lowest BCUT2D eigenvalue weighted by atomic mass is 9.90. The largest absolute Gasteiger partial charge is 0.478 e. The van der Waals surface area contributed by atoms with Crippen LogP contribution in [-0.4, -0.2) is 22.1 Å². The average Bonchev–Trinajstić information content (AvgIpc) is 2.36. The van der Waals surface area contributed by atoms with Crippen molar-refractivity contribution in [3.05, 3.63) is 23.4 Å². The van der Waals surface area contributed by atoms with Gasteiger partial charge in [-0.05, 0) is 31.4 Å². The second kappa shape index (κ2) is 6.92. The van der Waals surface area contributed by atoms with Crippen LogP contribution in [0.15, 0.2) is 12.1 Å². The minimum atomic E-state index is -0.916. The smallest absolute Gasteiger partial charge is 0.335 e. The molecule has 0 fully saturated rings. The van der Waals surface area contributed by atoms with Crippen LogP contribution in [0.25, 0.3) is 0 Å². The zero-order valence-corrected chi connectivity index (χ0v) is 14.0. The lowest BCUT2D eigenvalue weighted by Crippen LogP contribution is -2.21. The Balaban J connectivity index is 3.01. The van der Waals surface area contributed by atoms with E-state index in [0.717, 1.165) is 18.5 Å². The van der Waals surface area contributed by atoms with Crippen LogP contribution < -0.4 is 5.32 Å². The molecule has 0 radical (unpaired) electrons. The third kappa shape index (κ3) is 5.37. The molecule has 0 aliphatic carbocycles. The molecule has 0 aliphatic heterocycles. The number of hydrogen-bond donors (Lipinski definition) is 2. The number of carboxylic acid groups (broad SMARTS) is 1. The fourth-order valence-corrected chi connectivity index (χ4v) is 2.19. The first kappa shape index (κ1) is 17.5. The third-order valence-corrected chi connectivity index (χ3v) is 3.69. The number of aromatic carboxylic acids is 1. The molecule has 0 saturated carbocycles. The maximum absolute atomic E-state index is 11.3. The maximum Gasteiger partial charge on any atom is 0.335 e. The summed E-state index contributed by atoms with van der Waals surface area (Å²) < 4.78 is 0. The summed E-state index contributed by atoms with van der Waals surface area (Å²) in [7, 11) is 0. The van der Waals surface area contributed by atoms with Gasteiger partial charge in [-0.1, -0.05) is 41.0 Å². The molecule has 2 atom stereocenters. The molecule has 4 heteroatoms. The van der Waals surface area contributed by atoms with Crippen molar-refractivity contribution in [3.8, 4) is 0 Å². The topological polar surface area (TPSA) is 62.2 Å². The predicted molar refractivity (Wildman–Crippen MR) is 87.1 cm³/mol. The monoisotopic (exact) mass is 292 g/mol. The third-order valence-electron chi connectivity index (χ3n) is 3.69. The molecular formula is C17H28N2O2. The number of carbonyl (C=O) groups is 1. The summed E-state index contributed by atoms with van der Waals surface area (Å²) >= 11 is 0. The molecule has 1 heterocycles. The summed E-state index contributed by atoms with van der Waals surface area (Å²) in [6.07, 6.45) is 2.18. The number of carboxylic acids is 1. The first-order valence-corrected chi connectivity index (χ1v) is 7.65. The van der Waals surface area contributed by atoms with Crippen molar-refractivity contribution in [3.63, 3.8) is 0 Å². The summed E-state index contributed by atoms with van der Waals surface area (Å²) in [5.41, 5.74) is 0.899. The highest BCUT2D eigenvalue weighted by Gasteiger charge is 2.19. The van der Waals surface area contributed by atoms with E-state index in [2.05, 4.69) is 31.1 Å². The maximum atomic E-state index is 11.3. The molecule has 0 saturated heterocycles. The molecular weight excluding hydrogens is 264 g/mol. The van der Waals surface area contributed by atoms with E-state index >= 15 is 0 Å². The van der Waals surface area contributed by atoms with Crippen molar-refractivity contribution in [1.29, 1.82) is 0 Å². The molecule has 4 nitrogen and oxygen atoms in total. The second-order valence-corrected chi connectivity index (χ2v) is 6.98. The van der Waals surface area contributed by atoms with Gasteiger partial charge in [-0.2, -0.15) is 0 Å². The summed E-state index contributed by atoms with van der Waals surface area (Å²) in [6.45, 7) is 12.6. The number of nitrogens with one attached hydrogen (secondary N) is 1. The van der Waals surface area contributed by atoms with E-state index in [1.165, 1.54) is 0 Å². The minimum absolute atomic E-state index is 0.179. The van der Waals surface area contributed by atoms with Crippen molar-refractivity contribution in [2.24, 2.45) is 5.92 Å². The Labute approximate surface area is 128 Å². The van der Waals surface area contributed by atoms with Crippen molar-refractivity contribution < 1.29 is 9.90 Å². The number of anilines is 1. The van der Waals surface area contributed by atoms with Gasteiger partial charge in [0.15, 0.2) is 0 Å². The fourth-order valence-electron chi connectivity index (χ4n) is 2.19. The molecule has 1 aromatic rings. The standard InChI is InChI=1S/C17H28N2O2/c1-7-11(2)8-12(3)18-15-10-13(16(20)21)9-14(19-15)17(4,5)6/h9-12H,7-8H2,1-6H3,(H,18,19)(H,20,21). The van der Waals surface area contributed by atoms with Gasteiger partial charge in [-0.15, -0.1) is 0 Å². The molecule has 0 aliphatic rings. The van der Waals surface area contributed by atoms with Gasteiger partial charge in [0, 0.05) is 17.2 Å². The van der Waals surface area contributed by atoms with E-state index in [1.54, 1.807) is 12.1 Å². The molecule has 0 aromatic carbocycles. The van der Waals surface area contributed by atoms with Crippen LogP contribution in [0.5, 0.6) is 0 Å². The van der Waals surface area contributed by atoms with Crippen molar-refractivity contribution in [1.82, 2.24) is 4.98 Å². The van der Waals surface area contributed by atoms with Gasteiger partial charge in [0.25, 0.3) is 0 Å². The van der Waals surface area contributed by atoms with E-state index in [0.29, 0.717) is 11.7 Å². The van der Waals surface area contributed by atoms with Crippen LogP contribution in [0.2, 0.25) is 0 Å². The number of nitrogens with zero attached hydrogens (tertiary/aromatic N) is 1. The normalized spacial score (nSPS) is 14.6. The van der Waals surface area contributed by atoms with E-state index < -0.39 is 5.97 Å². The molecule has 118 valence electrons. The molecule has 1 rings (SSSR count). The zero-order chi connectivity index (χ0) is 16.2. The van der Waals surface area contributed by atoms with Crippen molar-refractivity contribution in [2.75, 3.05) is 5.32 Å². The van der Waals surface area contributed by atoms with Crippen LogP contribution in [0.1, 0.15) is 70.4 Å². The zero-order valence-electron chi connectivity index (χ0n) is 14.0. The quantitative estimate of drug-likeness (QED) is 0.820. The number of pyridine rings is 1. The summed E-state index contributed by atoms with van der Waals surface area (Å²) in [5, 5.41) is 12.6. The molecule has 2 N–H and O–H groups in total. The Hall–Kier alpha value is -1.58. The van der Waals surface area contributed by atoms with Gasteiger partial charge in [0.1, 0.15) is 5.82 Å².